The minimum absolute atomic E-state index is 0.0141. The first kappa shape index (κ1) is 24.9. The molecule has 1 aromatic rings. The van der Waals surface area contributed by atoms with Gasteiger partial charge in [0.05, 0.1) is 14.2 Å². The van der Waals surface area contributed by atoms with Crippen LogP contribution in [0, 0.1) is 5.92 Å². The number of methoxy groups -OCH3 is 2. The van der Waals surface area contributed by atoms with Crippen molar-refractivity contribution in [1.29, 1.82) is 0 Å². The molecule has 0 aliphatic heterocycles. The average molecular weight is 436 g/mol. The van der Waals surface area contributed by atoms with E-state index in [1.807, 2.05) is 20.8 Å². The van der Waals surface area contributed by atoms with E-state index in [0.717, 1.165) is 36.1 Å². The van der Waals surface area contributed by atoms with E-state index < -0.39 is 21.4 Å². The van der Waals surface area contributed by atoms with E-state index in [0.29, 0.717) is 5.56 Å². The number of halogens is 3. The van der Waals surface area contributed by atoms with Crippen LogP contribution in [0.15, 0.2) is 36.4 Å². The SMILES string of the molecule is C=C(C)CC[C@@H](C(=C)C)[C@@H](C)c1c(OC)cc(OS(=O)(=O)C(F)(F)F)cc1OC. The van der Waals surface area contributed by atoms with Gasteiger partial charge in [-0.05, 0) is 38.5 Å². The summed E-state index contributed by atoms with van der Waals surface area (Å²) in [6.07, 6.45) is 1.54. The van der Waals surface area contributed by atoms with Gasteiger partial charge in [0.25, 0.3) is 0 Å². The molecule has 1 rings (SSSR count). The fourth-order valence-corrected chi connectivity index (χ4v) is 3.56. The predicted octanol–water partition coefficient (Wildman–Crippen LogP) is 5.58. The first-order valence-electron chi connectivity index (χ1n) is 8.81. The minimum atomic E-state index is -5.82. The standard InChI is InChI=1S/C20H27F3O5S/c1-12(2)8-9-16(13(3)4)14(5)19-17(26-6)10-15(11-18(19)27-7)28-29(24,25)20(21,22)23/h10-11,14,16H,1,3,8-9H2,2,4-7H3/t14-,16+/m1/s1. The molecule has 1 aromatic carbocycles. The van der Waals surface area contributed by atoms with Crippen LogP contribution in [-0.2, 0) is 10.1 Å². The van der Waals surface area contributed by atoms with Crippen molar-refractivity contribution >= 4 is 10.1 Å². The number of rotatable bonds is 10. The fourth-order valence-electron chi connectivity index (χ4n) is 3.11. The van der Waals surface area contributed by atoms with Crippen LogP contribution in [0.5, 0.6) is 17.2 Å². The Hall–Kier alpha value is -2.16. The number of alkyl halides is 3. The summed E-state index contributed by atoms with van der Waals surface area (Å²) >= 11 is 0. The molecule has 0 aliphatic rings. The van der Waals surface area contributed by atoms with E-state index in [9.17, 15) is 21.6 Å². The monoisotopic (exact) mass is 436 g/mol. The average Bonchev–Trinajstić information content (AvgIpc) is 2.58. The molecular formula is C20H27F3O5S. The van der Waals surface area contributed by atoms with Crippen molar-refractivity contribution in [2.45, 2.75) is 45.0 Å². The van der Waals surface area contributed by atoms with Crippen LogP contribution in [-0.4, -0.2) is 28.1 Å². The highest BCUT2D eigenvalue weighted by Gasteiger charge is 2.48. The van der Waals surface area contributed by atoms with Gasteiger partial charge in [0, 0.05) is 17.7 Å². The summed E-state index contributed by atoms with van der Waals surface area (Å²) in [4.78, 5) is 0. The number of hydrogen-bond donors (Lipinski definition) is 0. The lowest BCUT2D eigenvalue weighted by molar-refractivity contribution is -0.0500. The van der Waals surface area contributed by atoms with Crippen molar-refractivity contribution < 1.29 is 35.2 Å². The van der Waals surface area contributed by atoms with Crippen molar-refractivity contribution in [3.8, 4) is 17.2 Å². The van der Waals surface area contributed by atoms with E-state index in [-0.39, 0.29) is 23.3 Å². The first-order valence-corrected chi connectivity index (χ1v) is 10.2. The second-order valence-electron chi connectivity index (χ2n) is 6.96. The second-order valence-corrected chi connectivity index (χ2v) is 8.50. The van der Waals surface area contributed by atoms with Gasteiger partial charge in [-0.2, -0.15) is 21.6 Å². The molecule has 0 aromatic heterocycles. The van der Waals surface area contributed by atoms with E-state index in [1.54, 1.807) is 0 Å². The summed E-state index contributed by atoms with van der Waals surface area (Å²) in [5.41, 5.74) is -3.03. The quantitative estimate of drug-likeness (QED) is 0.272. The summed E-state index contributed by atoms with van der Waals surface area (Å²) < 4.78 is 75.5. The maximum Gasteiger partial charge on any atom is 0.534 e. The minimum Gasteiger partial charge on any atom is -0.496 e. The van der Waals surface area contributed by atoms with Crippen LogP contribution in [0.4, 0.5) is 13.2 Å². The van der Waals surface area contributed by atoms with Gasteiger partial charge in [0.2, 0.25) is 0 Å². The molecule has 0 bridgehead atoms. The normalized spacial score (nSPS) is 14.1. The molecule has 0 aliphatic carbocycles. The van der Waals surface area contributed by atoms with E-state index >= 15 is 0 Å². The Bertz CT molecular complexity index is 834. The van der Waals surface area contributed by atoms with Crippen LogP contribution in [0.25, 0.3) is 0 Å². The molecule has 0 spiro atoms. The van der Waals surface area contributed by atoms with Crippen molar-refractivity contribution in [3.63, 3.8) is 0 Å². The molecular weight excluding hydrogens is 409 g/mol. The zero-order valence-electron chi connectivity index (χ0n) is 17.2. The molecule has 164 valence electrons. The lowest BCUT2D eigenvalue weighted by atomic mass is 9.79. The van der Waals surface area contributed by atoms with Crippen molar-refractivity contribution in [1.82, 2.24) is 0 Å². The maximum absolute atomic E-state index is 12.6. The molecule has 0 saturated carbocycles. The van der Waals surface area contributed by atoms with Gasteiger partial charge in [-0.3, -0.25) is 0 Å². The van der Waals surface area contributed by atoms with E-state index in [2.05, 4.69) is 17.3 Å². The molecule has 2 atom stereocenters. The highest BCUT2D eigenvalue weighted by molar-refractivity contribution is 7.88. The van der Waals surface area contributed by atoms with Gasteiger partial charge in [-0.15, -0.1) is 6.58 Å². The number of ether oxygens (including phenoxy) is 2. The van der Waals surface area contributed by atoms with Gasteiger partial charge in [0.15, 0.2) is 0 Å². The number of benzene rings is 1. The zero-order valence-corrected chi connectivity index (χ0v) is 18.0. The van der Waals surface area contributed by atoms with Crippen molar-refractivity contribution in [2.24, 2.45) is 5.92 Å². The molecule has 0 fully saturated rings. The summed E-state index contributed by atoms with van der Waals surface area (Å²) in [7, 11) is -3.16. The second kappa shape index (κ2) is 9.56. The van der Waals surface area contributed by atoms with Crippen LogP contribution < -0.4 is 13.7 Å². The zero-order chi connectivity index (χ0) is 22.6. The van der Waals surface area contributed by atoms with Gasteiger partial charge in [-0.1, -0.05) is 24.6 Å². The summed E-state index contributed by atoms with van der Waals surface area (Å²) in [5.74, 6) is -0.400. The van der Waals surface area contributed by atoms with Crippen LogP contribution in [0.1, 0.15) is 45.1 Å². The Morgan fingerprint density at radius 1 is 1.10 bits per heavy atom. The highest BCUT2D eigenvalue weighted by Crippen LogP contribution is 2.45. The Labute approximate surface area is 170 Å². The van der Waals surface area contributed by atoms with Crippen LogP contribution >= 0.6 is 0 Å². The summed E-state index contributed by atoms with van der Waals surface area (Å²) in [6, 6.07) is 2.21. The number of allylic oxidation sites excluding steroid dienone is 2. The highest BCUT2D eigenvalue weighted by atomic mass is 32.2. The molecule has 29 heavy (non-hydrogen) atoms. The van der Waals surface area contributed by atoms with Crippen LogP contribution in [0.2, 0.25) is 0 Å². The topological polar surface area (TPSA) is 61.8 Å². The lowest BCUT2D eigenvalue weighted by Gasteiger charge is -2.28. The van der Waals surface area contributed by atoms with E-state index in [1.165, 1.54) is 14.2 Å². The lowest BCUT2D eigenvalue weighted by Crippen LogP contribution is -2.28. The molecule has 0 amide bonds. The smallest absolute Gasteiger partial charge is 0.496 e. The Morgan fingerprint density at radius 3 is 1.93 bits per heavy atom. The third-order valence-corrected chi connectivity index (χ3v) is 5.56. The molecule has 0 N–H and O–H groups in total. The largest absolute Gasteiger partial charge is 0.534 e. The molecule has 5 nitrogen and oxygen atoms in total. The molecule has 9 heteroatoms. The molecule has 0 saturated heterocycles. The Morgan fingerprint density at radius 2 is 1.59 bits per heavy atom. The first-order chi connectivity index (χ1) is 13.2. The number of hydrogen-bond acceptors (Lipinski definition) is 5. The molecule has 0 unspecified atom stereocenters. The van der Waals surface area contributed by atoms with Crippen LogP contribution in [0.3, 0.4) is 0 Å². The fraction of sp³-hybridized carbons (Fsp3) is 0.500. The van der Waals surface area contributed by atoms with Gasteiger partial charge in [-0.25, -0.2) is 0 Å². The van der Waals surface area contributed by atoms with Crippen molar-refractivity contribution in [3.05, 3.63) is 42.0 Å². The summed E-state index contributed by atoms with van der Waals surface area (Å²) in [5, 5.41) is 0. The molecule has 0 radical (unpaired) electrons. The van der Waals surface area contributed by atoms with Gasteiger partial charge in [0.1, 0.15) is 17.2 Å². The third kappa shape index (κ3) is 6.16. The van der Waals surface area contributed by atoms with E-state index in [4.69, 9.17) is 9.47 Å². The Kier molecular flexibility index (Phi) is 8.20. The Balaban J connectivity index is 3.44. The maximum atomic E-state index is 12.6. The molecule has 0 heterocycles. The third-order valence-electron chi connectivity index (χ3n) is 4.58. The van der Waals surface area contributed by atoms with Gasteiger partial charge < -0.3 is 13.7 Å². The predicted molar refractivity (Wildman–Crippen MR) is 106 cm³/mol. The summed E-state index contributed by atoms with van der Waals surface area (Å²) in [6.45, 7) is 13.7. The van der Waals surface area contributed by atoms with Gasteiger partial charge >= 0.3 is 15.6 Å². The van der Waals surface area contributed by atoms with Crippen molar-refractivity contribution in [2.75, 3.05) is 14.2 Å².